The topological polar surface area (TPSA) is 83.4 Å². The molecule has 0 bridgehead atoms. The zero-order valence-corrected chi connectivity index (χ0v) is 17.5. The Morgan fingerprint density at radius 1 is 1.16 bits per heavy atom. The Morgan fingerprint density at radius 2 is 1.87 bits per heavy atom. The van der Waals surface area contributed by atoms with Gasteiger partial charge in [0.15, 0.2) is 0 Å². The van der Waals surface area contributed by atoms with Gasteiger partial charge < -0.3 is 20.1 Å². The van der Waals surface area contributed by atoms with E-state index >= 15 is 0 Å². The van der Waals surface area contributed by atoms with E-state index < -0.39 is 35.5 Å². The molecule has 0 saturated heterocycles. The highest BCUT2D eigenvalue weighted by molar-refractivity contribution is 6.29. The minimum absolute atomic E-state index is 0.168. The second kappa shape index (κ2) is 8.62. The van der Waals surface area contributed by atoms with Gasteiger partial charge in [0.25, 0.3) is 11.8 Å². The van der Waals surface area contributed by atoms with Gasteiger partial charge in [-0.15, -0.1) is 11.6 Å². The van der Waals surface area contributed by atoms with Crippen LogP contribution in [0.4, 0.5) is 18.9 Å². The van der Waals surface area contributed by atoms with Crippen molar-refractivity contribution in [2.45, 2.75) is 25.7 Å². The number of carbonyl (C=O) groups is 3. The van der Waals surface area contributed by atoms with Crippen LogP contribution in [-0.2, 0) is 17.5 Å². The first-order chi connectivity index (χ1) is 14.6. The molecule has 1 aromatic carbocycles. The van der Waals surface area contributed by atoms with Crippen molar-refractivity contribution < 1.29 is 27.6 Å². The van der Waals surface area contributed by atoms with Crippen LogP contribution < -0.4 is 10.6 Å². The fraction of sp³-hybridized carbons (Fsp3) is 0.350. The number of carbonyl (C=O) groups excluding carboxylic acids is 3. The number of nitrogens with zero attached hydrogens (tertiary/aromatic N) is 2. The molecular formula is C20H20ClF3N4O3. The normalized spacial score (nSPS) is 15.9. The number of amides is 3. The number of fused-ring (bicyclic) bond motifs is 1. The number of alkyl halides is 4. The molecule has 2 N–H and O–H groups in total. The summed E-state index contributed by atoms with van der Waals surface area (Å²) in [7, 11) is 1.51. The van der Waals surface area contributed by atoms with Gasteiger partial charge in [0, 0.05) is 37.1 Å². The molecule has 3 rings (SSSR count). The van der Waals surface area contributed by atoms with Crippen molar-refractivity contribution in [1.29, 1.82) is 0 Å². The van der Waals surface area contributed by atoms with Gasteiger partial charge in [-0.3, -0.25) is 14.4 Å². The van der Waals surface area contributed by atoms with Crippen LogP contribution in [0.25, 0.3) is 0 Å². The van der Waals surface area contributed by atoms with Crippen molar-refractivity contribution in [2.24, 2.45) is 0 Å². The van der Waals surface area contributed by atoms with Crippen molar-refractivity contribution in [3.05, 3.63) is 52.8 Å². The maximum absolute atomic E-state index is 13.4. The van der Waals surface area contributed by atoms with E-state index in [0.29, 0.717) is 17.9 Å². The van der Waals surface area contributed by atoms with E-state index in [1.807, 2.05) is 0 Å². The van der Waals surface area contributed by atoms with Crippen molar-refractivity contribution >= 4 is 35.0 Å². The van der Waals surface area contributed by atoms with Crippen molar-refractivity contribution in [3.8, 4) is 0 Å². The summed E-state index contributed by atoms with van der Waals surface area (Å²) in [6, 6.07) is 5.58. The highest BCUT2D eigenvalue weighted by Crippen LogP contribution is 2.34. The summed E-state index contributed by atoms with van der Waals surface area (Å²) in [5.74, 6) is -2.01. The molecule has 1 aliphatic rings. The Labute approximate surface area is 181 Å². The Kier molecular flexibility index (Phi) is 6.30. The molecule has 0 spiro atoms. The number of rotatable bonds is 4. The van der Waals surface area contributed by atoms with Gasteiger partial charge in [0.2, 0.25) is 5.91 Å². The number of benzene rings is 1. The Hall–Kier alpha value is -3.01. The van der Waals surface area contributed by atoms with Crippen molar-refractivity contribution in [2.75, 3.05) is 24.8 Å². The minimum atomic E-state index is -4.71. The molecule has 0 aliphatic carbocycles. The van der Waals surface area contributed by atoms with E-state index in [1.165, 1.54) is 18.0 Å². The maximum Gasteiger partial charge on any atom is 0.416 e. The molecule has 1 atom stereocenters. The molecule has 0 saturated carbocycles. The fourth-order valence-electron chi connectivity index (χ4n) is 3.61. The maximum atomic E-state index is 13.4. The summed E-state index contributed by atoms with van der Waals surface area (Å²) in [6.07, 6.45) is -4.71. The van der Waals surface area contributed by atoms with Gasteiger partial charge in [-0.2, -0.15) is 13.2 Å². The smallest absolute Gasteiger partial charge is 0.354 e. The van der Waals surface area contributed by atoms with Crippen molar-refractivity contribution in [3.63, 3.8) is 0 Å². The predicted octanol–water partition coefficient (Wildman–Crippen LogP) is 3.26. The van der Waals surface area contributed by atoms with Crippen molar-refractivity contribution in [1.82, 2.24) is 14.8 Å². The minimum Gasteiger partial charge on any atom is -0.354 e. The highest BCUT2D eigenvalue weighted by Gasteiger charge is 2.34. The lowest BCUT2D eigenvalue weighted by molar-refractivity contribution is -0.137. The first kappa shape index (κ1) is 22.7. The summed E-state index contributed by atoms with van der Waals surface area (Å²) in [5.41, 5.74) is -0.294. The average Bonchev–Trinajstić information content (AvgIpc) is 3.17. The summed E-state index contributed by atoms with van der Waals surface area (Å²) in [6.45, 7) is 2.25. The summed E-state index contributed by atoms with van der Waals surface area (Å²) >= 11 is 5.42. The molecule has 0 fully saturated rings. The Balaban J connectivity index is 1.95. The number of anilines is 1. The summed E-state index contributed by atoms with van der Waals surface area (Å²) in [4.78, 5) is 38.1. The first-order valence-electron chi connectivity index (χ1n) is 9.37. The van der Waals surface area contributed by atoms with Gasteiger partial charge in [0.1, 0.15) is 11.6 Å². The number of hydrogen-bond acceptors (Lipinski definition) is 3. The lowest BCUT2D eigenvalue weighted by Gasteiger charge is -2.35. The van der Waals surface area contributed by atoms with E-state index in [2.05, 4.69) is 10.6 Å². The van der Waals surface area contributed by atoms with Crippen LogP contribution in [-0.4, -0.2) is 46.7 Å². The van der Waals surface area contributed by atoms with Crippen LogP contribution in [0.1, 0.15) is 45.1 Å². The van der Waals surface area contributed by atoms with E-state index in [4.69, 9.17) is 11.6 Å². The molecule has 0 radical (unpaired) electrons. The molecule has 3 amide bonds. The van der Waals surface area contributed by atoms with Gasteiger partial charge in [-0.25, -0.2) is 0 Å². The van der Waals surface area contributed by atoms with E-state index in [1.54, 1.807) is 23.6 Å². The third-order valence-corrected chi connectivity index (χ3v) is 5.35. The monoisotopic (exact) mass is 456 g/mol. The molecule has 166 valence electrons. The van der Waals surface area contributed by atoms with Crippen LogP contribution >= 0.6 is 11.6 Å². The lowest BCUT2D eigenvalue weighted by Crippen LogP contribution is -2.42. The second-order valence-corrected chi connectivity index (χ2v) is 7.29. The molecule has 11 heteroatoms. The number of aromatic nitrogens is 1. The number of halogens is 4. The highest BCUT2D eigenvalue weighted by atomic mass is 35.5. The SMILES string of the molecule is CNC(=O)c1ccc2n1CCN(C(=O)c1cc(NC(=O)CCl)cc(C(F)(F)F)c1)C2C. The second-order valence-electron chi connectivity index (χ2n) is 7.03. The predicted molar refractivity (Wildman–Crippen MR) is 108 cm³/mol. The Bertz CT molecular complexity index is 1040. The van der Waals surface area contributed by atoms with Gasteiger partial charge >= 0.3 is 6.18 Å². The fourth-order valence-corrected chi connectivity index (χ4v) is 3.68. The molecule has 2 heterocycles. The zero-order chi connectivity index (χ0) is 22.9. The molecular weight excluding hydrogens is 437 g/mol. The van der Waals surface area contributed by atoms with Crippen LogP contribution in [0.15, 0.2) is 30.3 Å². The lowest BCUT2D eigenvalue weighted by atomic mass is 10.0. The number of hydrogen-bond donors (Lipinski definition) is 2. The van der Waals surface area contributed by atoms with Gasteiger partial charge in [-0.1, -0.05) is 0 Å². The van der Waals surface area contributed by atoms with E-state index in [9.17, 15) is 27.6 Å². The zero-order valence-electron chi connectivity index (χ0n) is 16.7. The average molecular weight is 457 g/mol. The largest absolute Gasteiger partial charge is 0.416 e. The quantitative estimate of drug-likeness (QED) is 0.693. The van der Waals surface area contributed by atoms with Crippen LogP contribution in [0, 0.1) is 0 Å². The van der Waals surface area contributed by atoms with Crippen LogP contribution in [0.5, 0.6) is 0 Å². The van der Waals surface area contributed by atoms with Crippen LogP contribution in [0.3, 0.4) is 0 Å². The molecule has 2 aromatic rings. The van der Waals surface area contributed by atoms with E-state index in [-0.39, 0.29) is 23.7 Å². The third-order valence-electron chi connectivity index (χ3n) is 5.11. The molecule has 31 heavy (non-hydrogen) atoms. The first-order valence-corrected chi connectivity index (χ1v) is 9.90. The molecule has 1 aliphatic heterocycles. The number of nitrogens with one attached hydrogen (secondary N) is 2. The molecule has 1 aromatic heterocycles. The Morgan fingerprint density at radius 3 is 2.48 bits per heavy atom. The van der Waals surface area contributed by atoms with Gasteiger partial charge in [0.05, 0.1) is 11.6 Å². The van der Waals surface area contributed by atoms with Crippen LogP contribution in [0.2, 0.25) is 0 Å². The summed E-state index contributed by atoms with van der Waals surface area (Å²) < 4.78 is 41.8. The van der Waals surface area contributed by atoms with Gasteiger partial charge in [-0.05, 0) is 37.3 Å². The standard InChI is InChI=1S/C20H20ClF3N4O3/c1-11-15-3-4-16(18(30)25-2)28(15)6-5-27(11)19(31)12-7-13(20(22,23)24)9-14(8-12)26-17(29)10-21/h3-4,7-9,11H,5-6,10H2,1-2H3,(H,25,30)(H,26,29). The summed E-state index contributed by atoms with van der Waals surface area (Å²) in [5, 5.41) is 4.81. The molecule has 1 unspecified atom stereocenters. The van der Waals surface area contributed by atoms with E-state index in [0.717, 1.165) is 12.1 Å². The molecule has 7 nitrogen and oxygen atoms in total. The third kappa shape index (κ3) is 4.53.